The van der Waals surface area contributed by atoms with E-state index < -0.39 is 10.0 Å². The molecular weight excluding hydrogens is 410 g/mol. The van der Waals surface area contributed by atoms with Crippen LogP contribution in [0.1, 0.15) is 40.2 Å². The van der Waals surface area contributed by atoms with E-state index >= 15 is 0 Å². The number of rotatable bonds is 9. The number of sulfonamides is 1. The van der Waals surface area contributed by atoms with Gasteiger partial charge in [-0.05, 0) is 64.3 Å². The number of likely N-dealkylation sites (tertiary alicyclic amines) is 1. The smallest absolute Gasteiger partial charge is 0.240 e. The van der Waals surface area contributed by atoms with Gasteiger partial charge in [0, 0.05) is 36.6 Å². The minimum absolute atomic E-state index is 0.115. The molecule has 3 rings (SSSR count). The first-order valence-corrected chi connectivity index (χ1v) is 12.3. The quantitative estimate of drug-likeness (QED) is 0.476. The summed E-state index contributed by atoms with van der Waals surface area (Å²) in [7, 11) is -3.52. The molecule has 2 aromatic rings. The highest BCUT2D eigenvalue weighted by Gasteiger charge is 2.25. The van der Waals surface area contributed by atoms with Crippen LogP contribution in [0.4, 0.5) is 0 Å². The first-order chi connectivity index (χ1) is 14.7. The van der Waals surface area contributed by atoms with Crippen LogP contribution in [0.2, 0.25) is 0 Å². The molecule has 0 aliphatic carbocycles. The lowest BCUT2D eigenvalue weighted by Crippen LogP contribution is -2.42. The number of hydrogen-bond acceptors (Lipinski definition) is 4. The van der Waals surface area contributed by atoms with Crippen LogP contribution in [0, 0.1) is 26.7 Å². The largest absolute Gasteiger partial charge is 0.345 e. The third-order valence-corrected chi connectivity index (χ3v) is 7.49. The summed E-state index contributed by atoms with van der Waals surface area (Å²) < 4.78 is 30.0. The van der Waals surface area contributed by atoms with Crippen molar-refractivity contribution in [1.29, 1.82) is 0 Å². The van der Waals surface area contributed by atoms with E-state index in [0.29, 0.717) is 26.2 Å². The van der Waals surface area contributed by atoms with Crippen LogP contribution < -0.4 is 4.72 Å². The van der Waals surface area contributed by atoms with Crippen molar-refractivity contribution < 1.29 is 13.2 Å². The minimum atomic E-state index is -3.52. The van der Waals surface area contributed by atoms with Crippen LogP contribution in [0.25, 0.3) is 0 Å². The Kier molecular flexibility index (Phi) is 7.51. The molecule has 6 nitrogen and oxygen atoms in total. The lowest BCUT2D eigenvalue weighted by Gasteiger charge is -2.32. The van der Waals surface area contributed by atoms with Gasteiger partial charge in [-0.25, -0.2) is 13.1 Å². The van der Waals surface area contributed by atoms with E-state index in [1.54, 1.807) is 24.3 Å². The zero-order valence-electron chi connectivity index (χ0n) is 18.7. The number of aromatic nitrogens is 1. The lowest BCUT2D eigenvalue weighted by molar-refractivity contribution is 0.0887. The Morgan fingerprint density at radius 2 is 1.94 bits per heavy atom. The third-order valence-electron chi connectivity index (χ3n) is 6.05. The number of aryl methyl sites for hydroxylation is 2. The zero-order valence-corrected chi connectivity index (χ0v) is 19.5. The van der Waals surface area contributed by atoms with E-state index in [1.807, 2.05) is 32.9 Å². The standard InChI is InChI=1S/C24H33N3O3S/c1-5-12-27-19(3)14-23(20(27)4)24(28)17-26-13-6-7-21(16-26)15-25-31(29,30)22-10-8-18(2)9-11-22/h5,8-11,14,21,25H,1,6-7,12-13,15-17H2,2-4H3. The number of carbonyl (C=O) groups excluding carboxylic acids is 1. The topological polar surface area (TPSA) is 71.4 Å². The predicted octanol–water partition coefficient (Wildman–Crippen LogP) is 3.47. The van der Waals surface area contributed by atoms with E-state index in [9.17, 15) is 13.2 Å². The number of Topliss-reactive ketones (excluding diaryl/α,β-unsaturated/α-hetero) is 1. The Morgan fingerprint density at radius 1 is 1.23 bits per heavy atom. The summed E-state index contributed by atoms with van der Waals surface area (Å²) in [5, 5.41) is 0. The molecule has 1 saturated heterocycles. The van der Waals surface area contributed by atoms with E-state index in [4.69, 9.17) is 0 Å². The molecule has 0 radical (unpaired) electrons. The number of nitrogens with zero attached hydrogens (tertiary/aromatic N) is 2. The Hall–Kier alpha value is -2.22. The maximum atomic E-state index is 12.9. The van der Waals surface area contributed by atoms with Crippen molar-refractivity contribution in [2.24, 2.45) is 5.92 Å². The molecule has 1 unspecified atom stereocenters. The number of allylic oxidation sites excluding steroid dienone is 1. The van der Waals surface area contributed by atoms with Gasteiger partial charge in [0.25, 0.3) is 0 Å². The van der Waals surface area contributed by atoms with Gasteiger partial charge in [0.2, 0.25) is 10.0 Å². The molecule has 31 heavy (non-hydrogen) atoms. The summed E-state index contributed by atoms with van der Waals surface area (Å²) in [4.78, 5) is 15.4. The van der Waals surface area contributed by atoms with Gasteiger partial charge in [0.15, 0.2) is 5.78 Å². The van der Waals surface area contributed by atoms with Crippen molar-refractivity contribution in [3.05, 3.63) is 65.5 Å². The van der Waals surface area contributed by atoms with Crippen LogP contribution in [-0.4, -0.2) is 49.8 Å². The molecule has 0 saturated carbocycles. The van der Waals surface area contributed by atoms with Crippen molar-refractivity contribution in [1.82, 2.24) is 14.2 Å². The van der Waals surface area contributed by atoms with Gasteiger partial charge in [0.05, 0.1) is 11.4 Å². The Balaban J connectivity index is 1.58. The third kappa shape index (κ3) is 5.73. The highest BCUT2D eigenvalue weighted by atomic mass is 32.2. The molecule has 2 heterocycles. The zero-order chi connectivity index (χ0) is 22.6. The fraction of sp³-hybridized carbons (Fsp3) is 0.458. The minimum Gasteiger partial charge on any atom is -0.345 e. The average molecular weight is 444 g/mol. The normalized spacial score (nSPS) is 17.6. The number of ketones is 1. The SMILES string of the molecule is C=CCn1c(C)cc(C(=O)CN2CCCC(CNS(=O)(=O)c3ccc(C)cc3)C2)c1C. The van der Waals surface area contributed by atoms with Crippen molar-refractivity contribution in [2.75, 3.05) is 26.2 Å². The predicted molar refractivity (Wildman–Crippen MR) is 124 cm³/mol. The number of benzene rings is 1. The monoisotopic (exact) mass is 443 g/mol. The number of carbonyl (C=O) groups is 1. The molecule has 1 N–H and O–H groups in total. The molecule has 1 aliphatic rings. The highest BCUT2D eigenvalue weighted by molar-refractivity contribution is 7.89. The van der Waals surface area contributed by atoms with Crippen LogP contribution >= 0.6 is 0 Å². The van der Waals surface area contributed by atoms with Gasteiger partial charge in [-0.2, -0.15) is 0 Å². The van der Waals surface area contributed by atoms with Crippen LogP contribution in [0.3, 0.4) is 0 Å². The molecule has 0 bridgehead atoms. The van der Waals surface area contributed by atoms with Crippen LogP contribution in [-0.2, 0) is 16.6 Å². The van der Waals surface area contributed by atoms with E-state index in [1.165, 1.54) is 0 Å². The maximum Gasteiger partial charge on any atom is 0.240 e. The molecule has 168 valence electrons. The average Bonchev–Trinajstić information content (AvgIpc) is 3.02. The summed E-state index contributed by atoms with van der Waals surface area (Å²) >= 11 is 0. The molecule has 0 spiro atoms. The van der Waals surface area contributed by atoms with Crippen molar-refractivity contribution >= 4 is 15.8 Å². The fourth-order valence-electron chi connectivity index (χ4n) is 4.27. The summed E-state index contributed by atoms with van der Waals surface area (Å²) in [6.07, 6.45) is 3.75. The summed E-state index contributed by atoms with van der Waals surface area (Å²) in [6.45, 7) is 12.7. The molecule has 1 aromatic carbocycles. The molecule has 1 atom stereocenters. The van der Waals surface area contributed by atoms with Gasteiger partial charge in [-0.15, -0.1) is 6.58 Å². The molecule has 1 fully saturated rings. The van der Waals surface area contributed by atoms with Gasteiger partial charge >= 0.3 is 0 Å². The van der Waals surface area contributed by atoms with E-state index in [2.05, 4.69) is 20.8 Å². The van der Waals surface area contributed by atoms with Gasteiger partial charge in [0.1, 0.15) is 0 Å². The van der Waals surface area contributed by atoms with E-state index in [0.717, 1.165) is 41.9 Å². The van der Waals surface area contributed by atoms with Crippen molar-refractivity contribution in [3.63, 3.8) is 0 Å². The second kappa shape index (κ2) is 9.94. The number of nitrogens with one attached hydrogen (secondary N) is 1. The molecule has 1 aliphatic heterocycles. The van der Waals surface area contributed by atoms with Crippen LogP contribution in [0.15, 0.2) is 47.9 Å². The van der Waals surface area contributed by atoms with Crippen molar-refractivity contribution in [3.8, 4) is 0 Å². The first kappa shape index (κ1) is 23.4. The van der Waals surface area contributed by atoms with Gasteiger partial charge in [-0.3, -0.25) is 9.69 Å². The molecule has 7 heteroatoms. The molecule has 1 aromatic heterocycles. The van der Waals surface area contributed by atoms with E-state index in [-0.39, 0.29) is 16.6 Å². The lowest BCUT2D eigenvalue weighted by atomic mass is 9.98. The Morgan fingerprint density at radius 3 is 2.61 bits per heavy atom. The van der Waals surface area contributed by atoms with Crippen LogP contribution in [0.5, 0.6) is 0 Å². The Bertz CT molecular complexity index is 1040. The second-order valence-corrected chi connectivity index (χ2v) is 10.3. The first-order valence-electron chi connectivity index (χ1n) is 10.8. The fourth-order valence-corrected chi connectivity index (χ4v) is 5.39. The van der Waals surface area contributed by atoms with Gasteiger partial charge in [-0.1, -0.05) is 23.8 Å². The second-order valence-electron chi connectivity index (χ2n) is 8.52. The Labute approximate surface area is 186 Å². The summed E-state index contributed by atoms with van der Waals surface area (Å²) in [5.74, 6) is 0.305. The van der Waals surface area contributed by atoms with Crippen molar-refractivity contribution in [2.45, 2.75) is 45.1 Å². The van der Waals surface area contributed by atoms with Gasteiger partial charge < -0.3 is 4.57 Å². The number of hydrogen-bond donors (Lipinski definition) is 1. The summed E-state index contributed by atoms with van der Waals surface area (Å²) in [6, 6.07) is 8.82. The molecule has 0 amide bonds. The highest BCUT2D eigenvalue weighted by Crippen LogP contribution is 2.20. The maximum absolute atomic E-state index is 12.9. The summed E-state index contributed by atoms with van der Waals surface area (Å²) in [5.41, 5.74) is 3.82. The number of piperidine rings is 1. The molecular formula is C24H33N3O3S.